The van der Waals surface area contributed by atoms with Gasteiger partial charge in [-0.1, -0.05) is 36.3 Å². The number of aryl methyl sites for hydroxylation is 2. The highest BCUT2D eigenvalue weighted by atomic mass is 14.9. The molecule has 0 saturated heterocycles. The van der Waals surface area contributed by atoms with Gasteiger partial charge in [-0.05, 0) is 37.6 Å². The third-order valence-electron chi connectivity index (χ3n) is 2.94. The first-order chi connectivity index (χ1) is 9.95. The molecule has 1 aromatic heterocycles. The third-order valence-corrected chi connectivity index (χ3v) is 2.94. The van der Waals surface area contributed by atoms with Gasteiger partial charge in [0, 0.05) is 17.0 Å². The molecule has 3 nitrogen and oxygen atoms in total. The molecule has 0 aliphatic rings. The predicted octanol–water partition coefficient (Wildman–Crippen LogP) is 2.52. The van der Waals surface area contributed by atoms with Crippen molar-refractivity contribution < 1.29 is 0 Å². The molecule has 0 aliphatic heterocycles. The van der Waals surface area contributed by atoms with Gasteiger partial charge in [0.15, 0.2) is 5.82 Å². The van der Waals surface area contributed by atoms with Crippen LogP contribution in [0.15, 0.2) is 49.1 Å². The van der Waals surface area contributed by atoms with Crippen molar-refractivity contribution in [2.24, 2.45) is 0 Å². The Bertz CT molecular complexity index is 695. The largest absolute Gasteiger partial charge is 0.300 e. The van der Waals surface area contributed by atoms with Crippen LogP contribution in [0.1, 0.15) is 22.8 Å². The second-order valence-corrected chi connectivity index (χ2v) is 4.87. The second kappa shape index (κ2) is 6.31. The minimum atomic E-state index is 0.389. The van der Waals surface area contributed by atoms with Crippen LogP contribution in [-0.2, 0) is 0 Å². The lowest BCUT2D eigenvalue weighted by atomic mass is 9.94. The van der Waals surface area contributed by atoms with E-state index in [2.05, 4.69) is 16.5 Å². The van der Waals surface area contributed by atoms with E-state index in [-0.39, 0.29) is 0 Å². The highest BCUT2D eigenvalue weighted by Gasteiger charge is 2.02. The molecular weight excluding hydrogens is 257 g/mol. The zero-order valence-corrected chi connectivity index (χ0v) is 12.2. The second-order valence-electron chi connectivity index (χ2n) is 4.87. The summed E-state index contributed by atoms with van der Waals surface area (Å²) in [5, 5.41) is 8.03. The molecular formula is C17H16BN3. The Balaban J connectivity index is 2.14. The van der Waals surface area contributed by atoms with Gasteiger partial charge in [0.1, 0.15) is 7.85 Å². The summed E-state index contributed by atoms with van der Waals surface area (Å²) in [5.41, 5.74) is 4.36. The third kappa shape index (κ3) is 3.99. The van der Waals surface area contributed by atoms with E-state index in [9.17, 15) is 0 Å². The molecule has 0 fully saturated rings. The Morgan fingerprint density at radius 3 is 2.24 bits per heavy atom. The van der Waals surface area contributed by atoms with Gasteiger partial charge in [0.25, 0.3) is 0 Å². The number of aromatic nitrogens is 2. The fourth-order valence-electron chi connectivity index (χ4n) is 1.89. The number of allylic oxidation sites excluding steroid dienone is 3. The van der Waals surface area contributed by atoms with Crippen LogP contribution in [0.5, 0.6) is 0 Å². The first-order valence-corrected chi connectivity index (χ1v) is 6.60. The van der Waals surface area contributed by atoms with Crippen molar-refractivity contribution in [1.29, 1.82) is 5.41 Å². The molecule has 4 heteroatoms. The quantitative estimate of drug-likeness (QED) is 0.528. The maximum atomic E-state index is 8.03. The molecule has 0 spiro atoms. The standard InChI is InChI=1S/C17H16BN3/c1-11(17-20-12(2)10-13(3)21-17)4-9-16(19)14-5-7-15(18)8-6-14/h4-10,19H,1H2,2-3H3/b9-4-,19-16?. The molecule has 2 radical (unpaired) electrons. The summed E-state index contributed by atoms with van der Waals surface area (Å²) in [5.74, 6) is 0.592. The fraction of sp³-hybridized carbons (Fsp3) is 0.118. The summed E-state index contributed by atoms with van der Waals surface area (Å²) < 4.78 is 0. The van der Waals surface area contributed by atoms with Crippen LogP contribution in [0.25, 0.3) is 5.57 Å². The molecule has 2 aromatic rings. The maximum Gasteiger partial charge on any atom is 0.159 e. The van der Waals surface area contributed by atoms with Crippen molar-refractivity contribution in [2.45, 2.75) is 13.8 Å². The zero-order chi connectivity index (χ0) is 15.4. The van der Waals surface area contributed by atoms with E-state index in [0.29, 0.717) is 22.6 Å². The molecule has 0 atom stereocenters. The van der Waals surface area contributed by atoms with Gasteiger partial charge < -0.3 is 5.41 Å². The van der Waals surface area contributed by atoms with E-state index in [1.165, 1.54) is 0 Å². The Hall–Kier alpha value is -2.49. The van der Waals surface area contributed by atoms with Gasteiger partial charge in [-0.25, -0.2) is 9.97 Å². The Morgan fingerprint density at radius 2 is 1.67 bits per heavy atom. The predicted molar refractivity (Wildman–Crippen MR) is 88.3 cm³/mol. The van der Waals surface area contributed by atoms with Gasteiger partial charge in [-0.15, -0.1) is 0 Å². The van der Waals surface area contributed by atoms with Crippen molar-refractivity contribution in [3.8, 4) is 0 Å². The maximum absolute atomic E-state index is 8.03. The summed E-state index contributed by atoms with van der Waals surface area (Å²) in [4.78, 5) is 8.69. The van der Waals surface area contributed by atoms with Gasteiger partial charge in [0.05, 0.1) is 5.71 Å². The van der Waals surface area contributed by atoms with Crippen molar-refractivity contribution in [1.82, 2.24) is 9.97 Å². The van der Waals surface area contributed by atoms with E-state index in [1.54, 1.807) is 24.3 Å². The number of nitrogens with zero attached hydrogens (tertiary/aromatic N) is 2. The summed E-state index contributed by atoms with van der Waals surface area (Å²) >= 11 is 0. The summed E-state index contributed by atoms with van der Waals surface area (Å²) in [7, 11) is 5.63. The molecule has 21 heavy (non-hydrogen) atoms. The van der Waals surface area contributed by atoms with Crippen LogP contribution < -0.4 is 5.46 Å². The monoisotopic (exact) mass is 273 g/mol. The van der Waals surface area contributed by atoms with E-state index in [4.69, 9.17) is 13.3 Å². The molecule has 102 valence electrons. The van der Waals surface area contributed by atoms with Crippen LogP contribution in [0.3, 0.4) is 0 Å². The lowest BCUT2D eigenvalue weighted by molar-refractivity contribution is 1.02. The van der Waals surface area contributed by atoms with E-state index in [0.717, 1.165) is 17.0 Å². The summed E-state index contributed by atoms with van der Waals surface area (Å²) in [6.45, 7) is 7.80. The van der Waals surface area contributed by atoms with Crippen LogP contribution in [0.4, 0.5) is 0 Å². The normalized spacial score (nSPS) is 10.8. The lowest BCUT2D eigenvalue weighted by Gasteiger charge is -2.03. The summed E-state index contributed by atoms with van der Waals surface area (Å²) in [6, 6.07) is 9.10. The number of rotatable bonds is 4. The average molecular weight is 273 g/mol. The molecule has 1 N–H and O–H groups in total. The van der Waals surface area contributed by atoms with Gasteiger partial charge in [-0.2, -0.15) is 0 Å². The highest BCUT2D eigenvalue weighted by Crippen LogP contribution is 2.11. The number of benzene rings is 1. The van der Waals surface area contributed by atoms with E-state index >= 15 is 0 Å². The molecule has 0 saturated carbocycles. The van der Waals surface area contributed by atoms with Crippen LogP contribution in [-0.4, -0.2) is 23.5 Å². The number of hydrogen-bond donors (Lipinski definition) is 1. The van der Waals surface area contributed by atoms with Crippen LogP contribution in [0.2, 0.25) is 0 Å². The zero-order valence-electron chi connectivity index (χ0n) is 12.2. The van der Waals surface area contributed by atoms with E-state index in [1.807, 2.05) is 32.0 Å². The van der Waals surface area contributed by atoms with Crippen molar-refractivity contribution in [3.63, 3.8) is 0 Å². The van der Waals surface area contributed by atoms with Crippen LogP contribution >= 0.6 is 0 Å². The first kappa shape index (κ1) is 14.9. The number of nitrogens with one attached hydrogen (secondary N) is 1. The van der Waals surface area contributed by atoms with E-state index < -0.39 is 0 Å². The van der Waals surface area contributed by atoms with Crippen molar-refractivity contribution in [3.05, 3.63) is 71.8 Å². The minimum absolute atomic E-state index is 0.389. The van der Waals surface area contributed by atoms with Gasteiger partial charge in [-0.3, -0.25) is 0 Å². The Morgan fingerprint density at radius 1 is 1.10 bits per heavy atom. The van der Waals surface area contributed by atoms with Crippen molar-refractivity contribution >= 4 is 24.6 Å². The number of hydrogen-bond acceptors (Lipinski definition) is 3. The Labute approximate surface area is 126 Å². The molecule has 1 heterocycles. The lowest BCUT2D eigenvalue weighted by Crippen LogP contribution is -2.03. The highest BCUT2D eigenvalue weighted by molar-refractivity contribution is 6.32. The van der Waals surface area contributed by atoms with Gasteiger partial charge >= 0.3 is 0 Å². The van der Waals surface area contributed by atoms with Crippen molar-refractivity contribution in [2.75, 3.05) is 0 Å². The average Bonchev–Trinajstić information content (AvgIpc) is 2.44. The molecule has 0 unspecified atom stereocenters. The molecule has 1 aromatic carbocycles. The van der Waals surface area contributed by atoms with Crippen LogP contribution in [0, 0.1) is 19.3 Å². The van der Waals surface area contributed by atoms with Gasteiger partial charge in [0.2, 0.25) is 0 Å². The first-order valence-electron chi connectivity index (χ1n) is 6.60. The Kier molecular flexibility index (Phi) is 4.48. The minimum Gasteiger partial charge on any atom is -0.300 e. The molecule has 2 rings (SSSR count). The molecule has 0 aliphatic carbocycles. The SMILES string of the molecule is [B]c1ccc(C(=N)/C=C\C(=C)c2nc(C)cc(C)n2)cc1. The molecule has 0 bridgehead atoms. The fourth-order valence-corrected chi connectivity index (χ4v) is 1.89. The summed E-state index contributed by atoms with van der Waals surface area (Å²) in [6.07, 6.45) is 3.45. The topological polar surface area (TPSA) is 49.6 Å². The smallest absolute Gasteiger partial charge is 0.159 e. The molecule has 0 amide bonds.